The van der Waals surface area contributed by atoms with Gasteiger partial charge in [-0.2, -0.15) is 0 Å². The van der Waals surface area contributed by atoms with E-state index in [0.717, 1.165) is 13.1 Å². The van der Waals surface area contributed by atoms with E-state index in [4.69, 9.17) is 0 Å². The van der Waals surface area contributed by atoms with Gasteiger partial charge in [-0.3, -0.25) is 4.79 Å². The first-order valence-electron chi connectivity index (χ1n) is 7.68. The lowest BCUT2D eigenvalue weighted by molar-refractivity contribution is -0.121. The summed E-state index contributed by atoms with van der Waals surface area (Å²) < 4.78 is 2.18. The number of benzene rings is 1. The SMILES string of the molecule is CCNCc1cn(CCC(=O)NC(C)C)c2ccccc12. The first kappa shape index (κ1) is 15.6. The number of carbonyl (C=O) groups is 1. The zero-order chi connectivity index (χ0) is 15.2. The first-order chi connectivity index (χ1) is 10.1. The third-order valence-electron chi connectivity index (χ3n) is 3.47. The second kappa shape index (κ2) is 7.27. The molecule has 0 aliphatic rings. The first-order valence-corrected chi connectivity index (χ1v) is 7.68. The van der Waals surface area contributed by atoms with E-state index in [2.05, 4.69) is 46.5 Å². The largest absolute Gasteiger partial charge is 0.354 e. The maximum Gasteiger partial charge on any atom is 0.221 e. The fraction of sp³-hybridized carbons (Fsp3) is 0.471. The van der Waals surface area contributed by atoms with E-state index in [1.54, 1.807) is 0 Å². The van der Waals surface area contributed by atoms with Crippen molar-refractivity contribution in [2.75, 3.05) is 6.54 Å². The number of para-hydroxylation sites is 1. The van der Waals surface area contributed by atoms with E-state index >= 15 is 0 Å². The average molecular weight is 287 g/mol. The van der Waals surface area contributed by atoms with Gasteiger partial charge in [-0.15, -0.1) is 0 Å². The molecule has 0 spiro atoms. The van der Waals surface area contributed by atoms with E-state index in [9.17, 15) is 4.79 Å². The van der Waals surface area contributed by atoms with Gasteiger partial charge in [0.25, 0.3) is 0 Å². The molecule has 0 saturated carbocycles. The summed E-state index contributed by atoms with van der Waals surface area (Å²) in [5, 5.41) is 7.57. The molecule has 21 heavy (non-hydrogen) atoms. The van der Waals surface area contributed by atoms with Crippen LogP contribution in [0.25, 0.3) is 10.9 Å². The molecule has 2 rings (SSSR count). The average Bonchev–Trinajstić information content (AvgIpc) is 2.80. The number of hydrogen-bond donors (Lipinski definition) is 2. The summed E-state index contributed by atoms with van der Waals surface area (Å²) >= 11 is 0. The van der Waals surface area contributed by atoms with Gasteiger partial charge in [0.05, 0.1) is 0 Å². The van der Waals surface area contributed by atoms with Crippen molar-refractivity contribution in [3.05, 3.63) is 36.0 Å². The van der Waals surface area contributed by atoms with E-state index in [0.29, 0.717) is 13.0 Å². The Morgan fingerprint density at radius 3 is 2.76 bits per heavy atom. The van der Waals surface area contributed by atoms with Gasteiger partial charge in [-0.25, -0.2) is 0 Å². The Kier molecular flexibility index (Phi) is 5.39. The normalized spacial score (nSPS) is 11.2. The minimum atomic E-state index is 0.107. The molecule has 2 aromatic rings. The molecule has 1 aromatic carbocycles. The number of amides is 1. The number of carbonyl (C=O) groups excluding carboxylic acids is 1. The summed E-state index contributed by atoms with van der Waals surface area (Å²) in [6.45, 7) is 8.61. The van der Waals surface area contributed by atoms with Crippen LogP contribution in [0, 0.1) is 0 Å². The molecular formula is C17H25N3O. The van der Waals surface area contributed by atoms with Crippen LogP contribution in [0.15, 0.2) is 30.5 Å². The van der Waals surface area contributed by atoms with E-state index in [1.165, 1.54) is 16.5 Å². The van der Waals surface area contributed by atoms with Crippen molar-refractivity contribution >= 4 is 16.8 Å². The van der Waals surface area contributed by atoms with E-state index < -0.39 is 0 Å². The van der Waals surface area contributed by atoms with Gasteiger partial charge < -0.3 is 15.2 Å². The molecule has 1 amide bonds. The molecule has 0 aliphatic heterocycles. The fourth-order valence-electron chi connectivity index (χ4n) is 2.52. The van der Waals surface area contributed by atoms with Crippen LogP contribution in [0.3, 0.4) is 0 Å². The monoisotopic (exact) mass is 287 g/mol. The Hall–Kier alpha value is -1.81. The quantitative estimate of drug-likeness (QED) is 0.822. The number of nitrogens with zero attached hydrogens (tertiary/aromatic N) is 1. The Bertz CT molecular complexity index is 601. The summed E-state index contributed by atoms with van der Waals surface area (Å²) in [5.74, 6) is 0.107. The molecule has 4 heteroatoms. The smallest absolute Gasteiger partial charge is 0.221 e. The van der Waals surface area contributed by atoms with Gasteiger partial charge in [0.2, 0.25) is 5.91 Å². The summed E-state index contributed by atoms with van der Waals surface area (Å²) in [6, 6.07) is 8.57. The second-order valence-corrected chi connectivity index (χ2v) is 5.62. The molecule has 114 valence electrons. The van der Waals surface area contributed by atoms with Crippen molar-refractivity contribution in [2.24, 2.45) is 0 Å². The fourth-order valence-corrected chi connectivity index (χ4v) is 2.52. The number of nitrogens with one attached hydrogen (secondary N) is 2. The van der Waals surface area contributed by atoms with Crippen molar-refractivity contribution in [1.82, 2.24) is 15.2 Å². The molecule has 0 radical (unpaired) electrons. The molecule has 4 nitrogen and oxygen atoms in total. The lowest BCUT2D eigenvalue weighted by Crippen LogP contribution is -2.30. The van der Waals surface area contributed by atoms with Gasteiger partial charge in [0.1, 0.15) is 0 Å². The summed E-state index contributed by atoms with van der Waals surface area (Å²) in [7, 11) is 0. The molecule has 0 saturated heterocycles. The number of hydrogen-bond acceptors (Lipinski definition) is 2. The maximum atomic E-state index is 11.8. The van der Waals surface area contributed by atoms with Crippen LogP contribution in [0.4, 0.5) is 0 Å². The highest BCUT2D eigenvalue weighted by Gasteiger charge is 2.09. The molecule has 2 N–H and O–H groups in total. The van der Waals surface area contributed by atoms with Gasteiger partial charge in [-0.1, -0.05) is 25.1 Å². The molecular weight excluding hydrogens is 262 g/mol. The molecule has 1 aromatic heterocycles. The zero-order valence-corrected chi connectivity index (χ0v) is 13.1. The summed E-state index contributed by atoms with van der Waals surface area (Å²) in [5.41, 5.74) is 2.49. The van der Waals surface area contributed by atoms with Crippen molar-refractivity contribution < 1.29 is 4.79 Å². The van der Waals surface area contributed by atoms with Gasteiger partial charge in [-0.05, 0) is 32.0 Å². The van der Waals surface area contributed by atoms with Gasteiger partial charge in [0.15, 0.2) is 0 Å². The molecule has 0 fully saturated rings. The lowest BCUT2D eigenvalue weighted by atomic mass is 10.2. The standard InChI is InChI=1S/C17H25N3O/c1-4-18-11-14-12-20(10-9-17(21)19-13(2)3)16-8-6-5-7-15(14)16/h5-8,12-13,18H,4,9-11H2,1-3H3,(H,19,21). The molecule has 0 unspecified atom stereocenters. The minimum absolute atomic E-state index is 0.107. The van der Waals surface area contributed by atoms with Crippen LogP contribution >= 0.6 is 0 Å². The van der Waals surface area contributed by atoms with Crippen molar-refractivity contribution in [1.29, 1.82) is 0 Å². The molecule has 1 heterocycles. The van der Waals surface area contributed by atoms with Crippen molar-refractivity contribution in [3.63, 3.8) is 0 Å². The number of rotatable bonds is 7. The molecule has 0 atom stereocenters. The topological polar surface area (TPSA) is 46.1 Å². The predicted molar refractivity (Wildman–Crippen MR) is 87.2 cm³/mol. The second-order valence-electron chi connectivity index (χ2n) is 5.62. The number of fused-ring (bicyclic) bond motifs is 1. The lowest BCUT2D eigenvalue weighted by Gasteiger charge is -2.09. The van der Waals surface area contributed by atoms with Crippen LogP contribution in [0.1, 0.15) is 32.8 Å². The number of aromatic nitrogens is 1. The highest BCUT2D eigenvalue weighted by atomic mass is 16.1. The highest BCUT2D eigenvalue weighted by Crippen LogP contribution is 2.21. The van der Waals surface area contributed by atoms with Gasteiger partial charge >= 0.3 is 0 Å². The summed E-state index contributed by atoms with van der Waals surface area (Å²) in [6.07, 6.45) is 2.67. The zero-order valence-electron chi connectivity index (χ0n) is 13.1. The third-order valence-corrected chi connectivity index (χ3v) is 3.47. The van der Waals surface area contributed by atoms with Crippen LogP contribution in [0.5, 0.6) is 0 Å². The van der Waals surface area contributed by atoms with Crippen LogP contribution < -0.4 is 10.6 Å². The molecule has 0 aliphatic carbocycles. The Balaban J connectivity index is 2.14. The van der Waals surface area contributed by atoms with E-state index in [-0.39, 0.29) is 11.9 Å². The predicted octanol–water partition coefficient (Wildman–Crippen LogP) is 2.67. The Labute approximate surface area is 126 Å². The van der Waals surface area contributed by atoms with E-state index in [1.807, 2.05) is 19.9 Å². The Morgan fingerprint density at radius 2 is 2.05 bits per heavy atom. The van der Waals surface area contributed by atoms with Crippen molar-refractivity contribution in [2.45, 2.75) is 46.3 Å². The van der Waals surface area contributed by atoms with Crippen LogP contribution in [-0.4, -0.2) is 23.1 Å². The number of aryl methyl sites for hydroxylation is 1. The van der Waals surface area contributed by atoms with Crippen LogP contribution in [-0.2, 0) is 17.9 Å². The summed E-state index contributed by atoms with van der Waals surface area (Å²) in [4.78, 5) is 11.8. The highest BCUT2D eigenvalue weighted by molar-refractivity contribution is 5.84. The maximum absolute atomic E-state index is 11.8. The molecule has 0 bridgehead atoms. The minimum Gasteiger partial charge on any atom is -0.354 e. The van der Waals surface area contributed by atoms with Gasteiger partial charge in [0, 0.05) is 42.7 Å². The van der Waals surface area contributed by atoms with Crippen LogP contribution in [0.2, 0.25) is 0 Å². The Morgan fingerprint density at radius 1 is 1.29 bits per heavy atom. The van der Waals surface area contributed by atoms with Crippen molar-refractivity contribution in [3.8, 4) is 0 Å². The third kappa shape index (κ3) is 4.08.